The first kappa shape index (κ1) is 15.2. The summed E-state index contributed by atoms with van der Waals surface area (Å²) in [4.78, 5) is 15.8. The summed E-state index contributed by atoms with van der Waals surface area (Å²) in [5.74, 6) is -0.183. The largest absolute Gasteiger partial charge is 0.466 e. The summed E-state index contributed by atoms with van der Waals surface area (Å²) >= 11 is 0. The lowest BCUT2D eigenvalue weighted by Gasteiger charge is -2.18. The predicted octanol–water partition coefficient (Wildman–Crippen LogP) is 2.71. The molecule has 1 N–H and O–H groups in total. The average Bonchev–Trinajstić information content (AvgIpc) is 2.53. The number of hydrogen-bond donors (Lipinski definition) is 1. The third-order valence-corrected chi connectivity index (χ3v) is 3.10. The van der Waals surface area contributed by atoms with E-state index in [2.05, 4.69) is 22.4 Å². The van der Waals surface area contributed by atoms with Crippen LogP contribution >= 0.6 is 0 Å². The third kappa shape index (κ3) is 4.68. The van der Waals surface area contributed by atoms with Crippen molar-refractivity contribution in [2.24, 2.45) is 0 Å². The lowest BCUT2D eigenvalue weighted by molar-refractivity contribution is -0.142. The van der Waals surface area contributed by atoms with Crippen LogP contribution in [-0.2, 0) is 9.53 Å². The topological polar surface area (TPSA) is 51.2 Å². The van der Waals surface area contributed by atoms with Gasteiger partial charge in [-0.15, -0.1) is 0 Å². The van der Waals surface area contributed by atoms with Gasteiger partial charge in [-0.2, -0.15) is 0 Å². The van der Waals surface area contributed by atoms with Crippen LogP contribution in [0.5, 0.6) is 0 Å². The Morgan fingerprint density at radius 3 is 2.62 bits per heavy atom. The molecule has 0 amide bonds. The molecule has 0 saturated heterocycles. The molecule has 4 nitrogen and oxygen atoms in total. The number of pyridine rings is 1. The number of carbonyl (C=O) groups is 1. The molecule has 2 aromatic rings. The van der Waals surface area contributed by atoms with Crippen LogP contribution in [0.3, 0.4) is 0 Å². The highest BCUT2D eigenvalue weighted by atomic mass is 16.5. The van der Waals surface area contributed by atoms with Crippen molar-refractivity contribution in [1.29, 1.82) is 0 Å². The molecule has 1 atom stereocenters. The van der Waals surface area contributed by atoms with Crippen molar-refractivity contribution in [3.05, 3.63) is 66.0 Å². The van der Waals surface area contributed by atoms with Gasteiger partial charge in [-0.1, -0.05) is 36.4 Å². The summed E-state index contributed by atoms with van der Waals surface area (Å²) in [7, 11) is 0. The highest BCUT2D eigenvalue weighted by molar-refractivity contribution is 5.69. The molecule has 2 rings (SSSR count). The minimum Gasteiger partial charge on any atom is -0.466 e. The van der Waals surface area contributed by atoms with Crippen molar-refractivity contribution in [3.63, 3.8) is 0 Å². The standard InChI is InChI=1S/C17H20N2O2/c1-2-21-16(20)11-13-19-17(14-8-4-3-5-9-14)15-10-6-7-12-18-15/h3-10,12,17,19H,2,11,13H2,1H3. The molecule has 4 heteroatoms. The Morgan fingerprint density at radius 2 is 1.95 bits per heavy atom. The summed E-state index contributed by atoms with van der Waals surface area (Å²) in [6.45, 7) is 2.78. The number of rotatable bonds is 7. The van der Waals surface area contributed by atoms with E-state index in [4.69, 9.17) is 4.74 Å². The maximum Gasteiger partial charge on any atom is 0.307 e. The summed E-state index contributed by atoms with van der Waals surface area (Å²) < 4.78 is 4.94. The number of nitrogens with one attached hydrogen (secondary N) is 1. The van der Waals surface area contributed by atoms with Gasteiger partial charge >= 0.3 is 5.97 Å². The molecule has 110 valence electrons. The molecular weight excluding hydrogens is 264 g/mol. The Hall–Kier alpha value is -2.20. The molecule has 21 heavy (non-hydrogen) atoms. The molecule has 0 aliphatic carbocycles. The van der Waals surface area contributed by atoms with Gasteiger partial charge in [-0.05, 0) is 24.6 Å². The minimum absolute atomic E-state index is 0.0261. The van der Waals surface area contributed by atoms with Gasteiger partial charge in [-0.3, -0.25) is 9.78 Å². The van der Waals surface area contributed by atoms with E-state index in [1.807, 2.05) is 43.3 Å². The second-order valence-corrected chi connectivity index (χ2v) is 4.61. The summed E-state index contributed by atoms with van der Waals surface area (Å²) in [5, 5.41) is 3.38. The van der Waals surface area contributed by atoms with Gasteiger partial charge < -0.3 is 10.1 Å². The molecule has 0 radical (unpaired) electrons. The highest BCUT2D eigenvalue weighted by Crippen LogP contribution is 2.19. The summed E-state index contributed by atoms with van der Waals surface area (Å²) in [6.07, 6.45) is 2.13. The minimum atomic E-state index is -0.183. The molecule has 1 aromatic heterocycles. The van der Waals surface area contributed by atoms with Gasteiger partial charge in [-0.25, -0.2) is 0 Å². The fourth-order valence-electron chi connectivity index (χ4n) is 2.14. The van der Waals surface area contributed by atoms with Crippen molar-refractivity contribution in [2.75, 3.05) is 13.2 Å². The van der Waals surface area contributed by atoms with Gasteiger partial charge in [0.15, 0.2) is 0 Å². The van der Waals surface area contributed by atoms with Gasteiger partial charge in [0.05, 0.1) is 24.8 Å². The molecule has 0 saturated carbocycles. The number of hydrogen-bond acceptors (Lipinski definition) is 4. The average molecular weight is 284 g/mol. The van der Waals surface area contributed by atoms with Crippen molar-refractivity contribution in [3.8, 4) is 0 Å². The van der Waals surface area contributed by atoms with Crippen molar-refractivity contribution in [1.82, 2.24) is 10.3 Å². The van der Waals surface area contributed by atoms with Crippen LogP contribution in [0.1, 0.15) is 30.6 Å². The van der Waals surface area contributed by atoms with Crippen LogP contribution in [0, 0.1) is 0 Å². The zero-order valence-electron chi connectivity index (χ0n) is 12.2. The second-order valence-electron chi connectivity index (χ2n) is 4.61. The SMILES string of the molecule is CCOC(=O)CCNC(c1ccccc1)c1ccccn1. The van der Waals surface area contributed by atoms with E-state index < -0.39 is 0 Å². The van der Waals surface area contributed by atoms with E-state index in [0.717, 1.165) is 11.3 Å². The Morgan fingerprint density at radius 1 is 1.19 bits per heavy atom. The lowest BCUT2D eigenvalue weighted by Crippen LogP contribution is -2.26. The third-order valence-electron chi connectivity index (χ3n) is 3.10. The Balaban J connectivity index is 2.05. The van der Waals surface area contributed by atoms with Gasteiger partial charge in [0.2, 0.25) is 0 Å². The van der Waals surface area contributed by atoms with Crippen LogP contribution in [0.2, 0.25) is 0 Å². The molecule has 1 aromatic carbocycles. The molecule has 0 aliphatic heterocycles. The van der Waals surface area contributed by atoms with Crippen LogP contribution in [0.4, 0.5) is 0 Å². The number of carbonyl (C=O) groups excluding carboxylic acids is 1. The van der Waals surface area contributed by atoms with Gasteiger partial charge in [0, 0.05) is 12.7 Å². The number of benzene rings is 1. The van der Waals surface area contributed by atoms with E-state index >= 15 is 0 Å². The number of ether oxygens (including phenoxy) is 1. The van der Waals surface area contributed by atoms with Crippen LogP contribution < -0.4 is 5.32 Å². The first-order valence-electron chi connectivity index (χ1n) is 7.16. The fraction of sp³-hybridized carbons (Fsp3) is 0.294. The zero-order chi connectivity index (χ0) is 14.9. The van der Waals surface area contributed by atoms with Crippen molar-refractivity contribution < 1.29 is 9.53 Å². The molecule has 1 unspecified atom stereocenters. The lowest BCUT2D eigenvalue weighted by atomic mass is 10.0. The molecule has 0 spiro atoms. The van der Waals surface area contributed by atoms with Crippen LogP contribution in [-0.4, -0.2) is 24.1 Å². The molecule has 0 bridgehead atoms. The Kier molecular flexibility index (Phi) is 5.91. The van der Waals surface area contributed by atoms with Crippen LogP contribution in [0.25, 0.3) is 0 Å². The number of aromatic nitrogens is 1. The normalized spacial score (nSPS) is 11.9. The van der Waals surface area contributed by atoms with Crippen LogP contribution in [0.15, 0.2) is 54.7 Å². The molecule has 0 fully saturated rings. The summed E-state index contributed by atoms with van der Waals surface area (Å²) in [6, 6.07) is 15.9. The van der Waals surface area contributed by atoms with Gasteiger partial charge in [0.25, 0.3) is 0 Å². The van der Waals surface area contributed by atoms with E-state index in [1.54, 1.807) is 6.20 Å². The molecule has 0 aliphatic rings. The highest BCUT2D eigenvalue weighted by Gasteiger charge is 2.14. The molecular formula is C17H20N2O2. The first-order valence-corrected chi connectivity index (χ1v) is 7.16. The zero-order valence-corrected chi connectivity index (χ0v) is 12.2. The van der Waals surface area contributed by atoms with Crippen molar-refractivity contribution in [2.45, 2.75) is 19.4 Å². The maximum atomic E-state index is 11.4. The second kappa shape index (κ2) is 8.17. The van der Waals surface area contributed by atoms with E-state index in [9.17, 15) is 4.79 Å². The first-order chi connectivity index (χ1) is 10.3. The van der Waals surface area contributed by atoms with Crippen molar-refractivity contribution >= 4 is 5.97 Å². The fourth-order valence-corrected chi connectivity index (χ4v) is 2.14. The van der Waals surface area contributed by atoms with E-state index in [1.165, 1.54) is 0 Å². The predicted molar refractivity (Wildman–Crippen MR) is 81.8 cm³/mol. The maximum absolute atomic E-state index is 11.4. The Labute approximate surface area is 125 Å². The Bertz CT molecular complexity index is 504. The molecule has 1 heterocycles. The smallest absolute Gasteiger partial charge is 0.307 e. The number of esters is 1. The van der Waals surface area contributed by atoms with E-state index in [-0.39, 0.29) is 12.0 Å². The monoisotopic (exact) mass is 284 g/mol. The van der Waals surface area contributed by atoms with Gasteiger partial charge in [0.1, 0.15) is 0 Å². The number of nitrogens with zero attached hydrogens (tertiary/aromatic N) is 1. The summed E-state index contributed by atoms with van der Waals surface area (Å²) in [5.41, 5.74) is 2.06. The van der Waals surface area contributed by atoms with E-state index in [0.29, 0.717) is 19.6 Å². The quantitative estimate of drug-likeness (QED) is 0.794.